The van der Waals surface area contributed by atoms with E-state index in [0.717, 1.165) is 35.3 Å². The molecule has 4 aromatic rings. The molecule has 1 aliphatic heterocycles. The lowest BCUT2D eigenvalue weighted by Crippen LogP contribution is -2.39. The Balaban J connectivity index is 1.43. The van der Waals surface area contributed by atoms with Gasteiger partial charge in [0, 0.05) is 25.2 Å². The van der Waals surface area contributed by atoms with E-state index in [1.807, 2.05) is 31.2 Å². The number of amides is 1. The van der Waals surface area contributed by atoms with Crippen molar-refractivity contribution in [2.24, 2.45) is 0 Å². The van der Waals surface area contributed by atoms with E-state index in [4.69, 9.17) is 0 Å². The number of pyridine rings is 1. The molecule has 0 unspecified atom stereocenters. The number of aromatic amines is 1. The number of hydrogen-bond donors (Lipinski definition) is 1. The lowest BCUT2D eigenvalue weighted by atomic mass is 9.97. The first kappa shape index (κ1) is 16.9. The van der Waals surface area contributed by atoms with Crippen molar-refractivity contribution in [2.45, 2.75) is 25.7 Å². The Labute approximate surface area is 161 Å². The molecule has 7 heteroatoms. The topological polar surface area (TPSA) is 66.3 Å². The van der Waals surface area contributed by atoms with E-state index in [1.165, 1.54) is 4.40 Å². The molecule has 1 aromatic carbocycles. The molecule has 0 saturated carbocycles. The Morgan fingerprint density at radius 2 is 2.11 bits per heavy atom. The molecule has 6 nitrogen and oxygen atoms in total. The molecule has 0 spiro atoms. The summed E-state index contributed by atoms with van der Waals surface area (Å²) >= 11 is 0. The number of carbonyl (C=O) groups is 1. The third-order valence-electron chi connectivity index (χ3n) is 5.43. The summed E-state index contributed by atoms with van der Waals surface area (Å²) in [4.78, 5) is 27.0. The van der Waals surface area contributed by atoms with Gasteiger partial charge >= 0.3 is 0 Å². The molecule has 142 valence electrons. The number of halogens is 1. The number of imidazole rings is 2. The standard InChI is InChI=1S/C21H20FN5O/c1-13-8-10-27-17(11-13)25-18(19(27)22)21(28)26-9-4-5-14(12-26)20-23-15-6-2-3-7-16(15)24-20/h2-3,6-8,10-11,14H,4-5,9,12H2,1H3,(H,23,24)/t14-/m0/s1. The van der Waals surface area contributed by atoms with Gasteiger partial charge in [-0.15, -0.1) is 0 Å². The van der Waals surface area contributed by atoms with Crippen LogP contribution in [0.5, 0.6) is 0 Å². The molecule has 1 atom stereocenters. The van der Waals surface area contributed by atoms with Gasteiger partial charge in [0.15, 0.2) is 5.69 Å². The van der Waals surface area contributed by atoms with Crippen LogP contribution < -0.4 is 0 Å². The average Bonchev–Trinajstić information content (AvgIpc) is 3.28. The summed E-state index contributed by atoms with van der Waals surface area (Å²) in [5.74, 6) is 0.0164. The molecular weight excluding hydrogens is 357 g/mol. The van der Waals surface area contributed by atoms with Crippen LogP contribution in [0.2, 0.25) is 0 Å². The Hall–Kier alpha value is -3.22. The quantitative estimate of drug-likeness (QED) is 0.580. The summed E-state index contributed by atoms with van der Waals surface area (Å²) in [6, 6.07) is 11.4. The van der Waals surface area contributed by atoms with E-state index >= 15 is 0 Å². The maximum atomic E-state index is 14.8. The van der Waals surface area contributed by atoms with E-state index in [-0.39, 0.29) is 17.5 Å². The van der Waals surface area contributed by atoms with Gasteiger partial charge in [-0.1, -0.05) is 12.1 Å². The van der Waals surface area contributed by atoms with Crippen LogP contribution in [-0.2, 0) is 0 Å². The number of rotatable bonds is 2. The smallest absolute Gasteiger partial charge is 0.277 e. The molecule has 28 heavy (non-hydrogen) atoms. The molecule has 1 saturated heterocycles. The highest BCUT2D eigenvalue weighted by Gasteiger charge is 2.30. The first-order valence-electron chi connectivity index (χ1n) is 9.48. The number of benzene rings is 1. The molecule has 0 bridgehead atoms. The normalized spacial score (nSPS) is 17.5. The zero-order valence-corrected chi connectivity index (χ0v) is 15.5. The van der Waals surface area contributed by atoms with Gasteiger partial charge in [0.2, 0.25) is 5.95 Å². The minimum absolute atomic E-state index is 0.104. The van der Waals surface area contributed by atoms with Crippen LogP contribution in [0.25, 0.3) is 16.7 Å². The molecule has 1 aliphatic rings. The largest absolute Gasteiger partial charge is 0.342 e. The van der Waals surface area contributed by atoms with Gasteiger partial charge in [-0.2, -0.15) is 4.39 Å². The van der Waals surface area contributed by atoms with Crippen LogP contribution in [0.3, 0.4) is 0 Å². The van der Waals surface area contributed by atoms with Crippen LogP contribution in [0, 0.1) is 12.9 Å². The highest BCUT2D eigenvalue weighted by molar-refractivity contribution is 5.93. The van der Waals surface area contributed by atoms with Gasteiger partial charge in [0.05, 0.1) is 11.0 Å². The van der Waals surface area contributed by atoms with E-state index in [1.54, 1.807) is 23.2 Å². The van der Waals surface area contributed by atoms with E-state index in [2.05, 4.69) is 15.0 Å². The Morgan fingerprint density at radius 1 is 1.25 bits per heavy atom. The van der Waals surface area contributed by atoms with Crippen LogP contribution in [0.4, 0.5) is 4.39 Å². The first-order valence-corrected chi connectivity index (χ1v) is 9.48. The van der Waals surface area contributed by atoms with Gasteiger partial charge < -0.3 is 9.88 Å². The molecule has 5 rings (SSSR count). The zero-order valence-electron chi connectivity index (χ0n) is 15.5. The van der Waals surface area contributed by atoms with Crippen LogP contribution in [-0.4, -0.2) is 43.2 Å². The van der Waals surface area contributed by atoms with Crippen molar-refractivity contribution in [3.63, 3.8) is 0 Å². The monoisotopic (exact) mass is 377 g/mol. The van der Waals surface area contributed by atoms with Crippen molar-refractivity contribution in [3.8, 4) is 0 Å². The van der Waals surface area contributed by atoms with Gasteiger partial charge in [0.25, 0.3) is 5.91 Å². The number of nitrogens with zero attached hydrogens (tertiary/aromatic N) is 4. The number of para-hydroxylation sites is 2. The Bertz CT molecular complexity index is 1160. The number of hydrogen-bond acceptors (Lipinski definition) is 3. The summed E-state index contributed by atoms with van der Waals surface area (Å²) < 4.78 is 16.1. The predicted molar refractivity (Wildman–Crippen MR) is 104 cm³/mol. The van der Waals surface area contributed by atoms with Gasteiger partial charge in [-0.3, -0.25) is 9.20 Å². The Morgan fingerprint density at radius 3 is 2.96 bits per heavy atom. The third-order valence-corrected chi connectivity index (χ3v) is 5.43. The number of aromatic nitrogens is 4. The van der Waals surface area contributed by atoms with Crippen molar-refractivity contribution < 1.29 is 9.18 Å². The number of carbonyl (C=O) groups excluding carboxylic acids is 1. The van der Waals surface area contributed by atoms with E-state index < -0.39 is 5.95 Å². The second kappa shape index (κ2) is 6.44. The van der Waals surface area contributed by atoms with Crippen LogP contribution in [0.15, 0.2) is 42.6 Å². The number of piperidine rings is 1. The SMILES string of the molecule is Cc1ccn2c(F)c(C(=O)N3CCC[C@H](c4nc5ccccc5[nH]4)C3)nc2c1. The lowest BCUT2D eigenvalue weighted by molar-refractivity contribution is 0.0694. The van der Waals surface area contributed by atoms with Crippen LogP contribution in [0.1, 0.15) is 40.6 Å². The second-order valence-corrected chi connectivity index (χ2v) is 7.41. The number of fused-ring (bicyclic) bond motifs is 2. The second-order valence-electron chi connectivity index (χ2n) is 7.41. The number of nitrogens with one attached hydrogen (secondary N) is 1. The molecule has 1 fully saturated rings. The molecule has 1 N–H and O–H groups in total. The minimum atomic E-state index is -0.606. The number of likely N-dealkylation sites (tertiary alicyclic amines) is 1. The molecule has 4 heterocycles. The van der Waals surface area contributed by atoms with Crippen molar-refractivity contribution in [3.05, 3.63) is 65.6 Å². The van der Waals surface area contributed by atoms with Crippen molar-refractivity contribution in [1.82, 2.24) is 24.3 Å². The van der Waals surface area contributed by atoms with Crippen molar-refractivity contribution in [2.75, 3.05) is 13.1 Å². The van der Waals surface area contributed by atoms with E-state index in [9.17, 15) is 9.18 Å². The maximum Gasteiger partial charge on any atom is 0.277 e. The first-order chi connectivity index (χ1) is 13.6. The molecule has 0 aliphatic carbocycles. The number of aryl methyl sites for hydroxylation is 1. The lowest BCUT2D eigenvalue weighted by Gasteiger charge is -2.31. The zero-order chi connectivity index (χ0) is 19.3. The summed E-state index contributed by atoms with van der Waals surface area (Å²) in [6.07, 6.45) is 3.40. The third kappa shape index (κ3) is 2.74. The van der Waals surface area contributed by atoms with Crippen molar-refractivity contribution >= 4 is 22.6 Å². The predicted octanol–water partition coefficient (Wildman–Crippen LogP) is 3.68. The van der Waals surface area contributed by atoms with Crippen molar-refractivity contribution in [1.29, 1.82) is 0 Å². The minimum Gasteiger partial charge on any atom is -0.342 e. The highest BCUT2D eigenvalue weighted by atomic mass is 19.1. The Kier molecular flexibility index (Phi) is 3.89. The summed E-state index contributed by atoms with van der Waals surface area (Å²) in [5.41, 5.74) is 3.22. The maximum absolute atomic E-state index is 14.8. The summed E-state index contributed by atoms with van der Waals surface area (Å²) in [6.45, 7) is 3.02. The molecule has 1 amide bonds. The van der Waals surface area contributed by atoms with E-state index in [0.29, 0.717) is 18.7 Å². The fourth-order valence-electron chi connectivity index (χ4n) is 3.95. The number of H-pyrrole nitrogens is 1. The molecular formula is C21H20FN5O. The molecule has 0 radical (unpaired) electrons. The van der Waals surface area contributed by atoms with Crippen LogP contribution >= 0.6 is 0 Å². The fraction of sp³-hybridized carbons (Fsp3) is 0.286. The van der Waals surface area contributed by atoms with Gasteiger partial charge in [0.1, 0.15) is 11.5 Å². The molecule has 3 aromatic heterocycles. The van der Waals surface area contributed by atoms with Gasteiger partial charge in [-0.25, -0.2) is 9.97 Å². The fourth-order valence-corrected chi connectivity index (χ4v) is 3.95. The summed E-state index contributed by atoms with van der Waals surface area (Å²) in [7, 11) is 0. The average molecular weight is 377 g/mol. The highest BCUT2D eigenvalue weighted by Crippen LogP contribution is 2.28. The van der Waals surface area contributed by atoms with Gasteiger partial charge in [-0.05, 0) is 49.6 Å². The summed E-state index contributed by atoms with van der Waals surface area (Å²) in [5, 5.41) is 0.